The van der Waals surface area contributed by atoms with Crippen LogP contribution in [0.4, 0.5) is 0 Å². The van der Waals surface area contributed by atoms with E-state index in [4.69, 9.17) is 4.74 Å². The molecule has 0 aromatic heterocycles. The van der Waals surface area contributed by atoms with Gasteiger partial charge in [0.15, 0.2) is 6.29 Å². The summed E-state index contributed by atoms with van der Waals surface area (Å²) < 4.78 is 5.37. The Labute approximate surface area is 207 Å². The molecule has 0 N–H and O–H groups in total. The second kappa shape index (κ2) is 29.2. The van der Waals surface area contributed by atoms with Gasteiger partial charge in [-0.05, 0) is 19.3 Å². The summed E-state index contributed by atoms with van der Waals surface area (Å²) in [5.41, 5.74) is 0. The number of hydrogen-bond acceptors (Lipinski definition) is 3. The maximum atomic E-state index is 11.8. The van der Waals surface area contributed by atoms with Gasteiger partial charge in [-0.15, -0.1) is 0 Å². The van der Waals surface area contributed by atoms with Gasteiger partial charge in [-0.3, -0.25) is 9.59 Å². The third kappa shape index (κ3) is 29.1. The molecule has 0 amide bonds. The molecule has 0 atom stereocenters. The van der Waals surface area contributed by atoms with Crippen molar-refractivity contribution in [2.45, 2.75) is 174 Å². The van der Waals surface area contributed by atoms with Crippen molar-refractivity contribution in [2.75, 3.05) is 6.61 Å². The molecule has 33 heavy (non-hydrogen) atoms. The number of ether oxygens (including phenoxy) is 1. The Morgan fingerprint density at radius 3 is 1.30 bits per heavy atom. The van der Waals surface area contributed by atoms with E-state index in [-0.39, 0.29) is 5.97 Å². The van der Waals surface area contributed by atoms with Crippen molar-refractivity contribution < 1.29 is 14.3 Å². The summed E-state index contributed by atoms with van der Waals surface area (Å²) >= 11 is 0. The van der Waals surface area contributed by atoms with Crippen molar-refractivity contribution in [3.8, 4) is 0 Å². The van der Waals surface area contributed by atoms with E-state index in [1.807, 2.05) is 6.29 Å². The molecule has 0 fully saturated rings. The molecule has 0 rings (SSSR count). The van der Waals surface area contributed by atoms with E-state index >= 15 is 0 Å². The molecule has 3 heteroatoms. The van der Waals surface area contributed by atoms with Gasteiger partial charge in [-0.1, -0.05) is 142 Å². The minimum Gasteiger partial charge on any atom is -0.466 e. The Morgan fingerprint density at radius 2 is 0.879 bits per heavy atom. The maximum absolute atomic E-state index is 11.8. The largest absolute Gasteiger partial charge is 0.466 e. The standard InChI is InChI=1S/C30H57O3/c1-2-3-4-5-6-7-8-9-10-11-12-15-18-21-24-27-30(32)33-29-26-23-20-17-14-13-16-19-22-25-28-31/h2-27,29H2,1H3. The molecule has 0 unspecified atom stereocenters. The fourth-order valence-corrected chi connectivity index (χ4v) is 4.44. The van der Waals surface area contributed by atoms with Crippen LogP contribution in [0.25, 0.3) is 0 Å². The first-order valence-electron chi connectivity index (χ1n) is 14.8. The van der Waals surface area contributed by atoms with Gasteiger partial charge in [0.2, 0.25) is 0 Å². The van der Waals surface area contributed by atoms with Crippen LogP contribution in [-0.4, -0.2) is 18.9 Å². The van der Waals surface area contributed by atoms with Crippen LogP contribution in [0.3, 0.4) is 0 Å². The van der Waals surface area contributed by atoms with Crippen molar-refractivity contribution in [1.29, 1.82) is 0 Å². The van der Waals surface area contributed by atoms with Gasteiger partial charge in [0.1, 0.15) is 0 Å². The summed E-state index contributed by atoms with van der Waals surface area (Å²) in [5, 5.41) is 0. The van der Waals surface area contributed by atoms with Gasteiger partial charge in [0, 0.05) is 12.8 Å². The van der Waals surface area contributed by atoms with E-state index in [1.165, 1.54) is 122 Å². The summed E-state index contributed by atoms with van der Waals surface area (Å²) in [4.78, 5) is 21.9. The average molecular weight is 466 g/mol. The Bertz CT molecular complexity index is 394. The molecule has 0 aliphatic rings. The quantitative estimate of drug-likeness (QED) is 0.0852. The van der Waals surface area contributed by atoms with E-state index in [2.05, 4.69) is 6.92 Å². The first-order valence-corrected chi connectivity index (χ1v) is 14.8. The monoisotopic (exact) mass is 465 g/mol. The van der Waals surface area contributed by atoms with Crippen molar-refractivity contribution in [2.24, 2.45) is 0 Å². The smallest absolute Gasteiger partial charge is 0.305 e. The van der Waals surface area contributed by atoms with Gasteiger partial charge < -0.3 is 4.74 Å². The third-order valence-corrected chi connectivity index (χ3v) is 6.67. The second-order valence-electron chi connectivity index (χ2n) is 10.00. The number of esters is 1. The van der Waals surface area contributed by atoms with Crippen molar-refractivity contribution in [1.82, 2.24) is 0 Å². The first kappa shape index (κ1) is 32.1. The molecule has 0 bridgehead atoms. The van der Waals surface area contributed by atoms with E-state index in [0.717, 1.165) is 32.1 Å². The lowest BCUT2D eigenvalue weighted by molar-refractivity contribution is -0.143. The zero-order valence-electron chi connectivity index (χ0n) is 22.3. The average Bonchev–Trinajstić information content (AvgIpc) is 2.82. The molecule has 0 spiro atoms. The Morgan fingerprint density at radius 1 is 0.515 bits per heavy atom. The summed E-state index contributed by atoms with van der Waals surface area (Å²) in [7, 11) is 0. The lowest BCUT2D eigenvalue weighted by Crippen LogP contribution is -2.05. The molecular formula is C30H57O3. The van der Waals surface area contributed by atoms with E-state index in [9.17, 15) is 9.59 Å². The minimum absolute atomic E-state index is 0.00253. The molecular weight excluding hydrogens is 408 g/mol. The van der Waals surface area contributed by atoms with E-state index in [1.54, 1.807) is 0 Å². The number of rotatable bonds is 28. The van der Waals surface area contributed by atoms with Crippen LogP contribution in [0.15, 0.2) is 0 Å². The molecule has 0 saturated carbocycles. The second-order valence-corrected chi connectivity index (χ2v) is 10.00. The lowest BCUT2D eigenvalue weighted by atomic mass is 10.0. The summed E-state index contributed by atoms with van der Waals surface area (Å²) in [6, 6.07) is 0. The van der Waals surface area contributed by atoms with Crippen LogP contribution in [0.1, 0.15) is 174 Å². The van der Waals surface area contributed by atoms with Crippen LogP contribution in [0, 0.1) is 0 Å². The van der Waals surface area contributed by atoms with Crippen LogP contribution in [0.2, 0.25) is 0 Å². The van der Waals surface area contributed by atoms with Crippen molar-refractivity contribution in [3.63, 3.8) is 0 Å². The molecule has 0 saturated heterocycles. The van der Waals surface area contributed by atoms with Gasteiger partial charge in [-0.25, -0.2) is 0 Å². The van der Waals surface area contributed by atoms with Gasteiger partial charge in [0.25, 0.3) is 0 Å². The lowest BCUT2D eigenvalue weighted by Gasteiger charge is -2.06. The highest BCUT2D eigenvalue weighted by atomic mass is 16.5. The first-order chi connectivity index (χ1) is 16.3. The maximum Gasteiger partial charge on any atom is 0.305 e. The number of unbranched alkanes of at least 4 members (excludes halogenated alkanes) is 23. The van der Waals surface area contributed by atoms with Crippen LogP contribution in [-0.2, 0) is 14.3 Å². The van der Waals surface area contributed by atoms with Crippen LogP contribution < -0.4 is 0 Å². The number of hydrogen-bond donors (Lipinski definition) is 0. The third-order valence-electron chi connectivity index (χ3n) is 6.67. The van der Waals surface area contributed by atoms with Crippen molar-refractivity contribution in [3.05, 3.63) is 0 Å². The molecule has 3 nitrogen and oxygen atoms in total. The number of carbonyl (C=O) groups excluding carboxylic acids is 2. The molecule has 0 heterocycles. The van der Waals surface area contributed by atoms with E-state index in [0.29, 0.717) is 19.4 Å². The number of carbonyl (C=O) groups is 1. The Balaban J connectivity index is 3.14. The minimum atomic E-state index is -0.00253. The zero-order valence-corrected chi connectivity index (χ0v) is 22.3. The summed E-state index contributed by atoms with van der Waals surface area (Å²) in [6.45, 7) is 2.88. The fraction of sp³-hybridized carbons (Fsp3) is 0.933. The van der Waals surface area contributed by atoms with Gasteiger partial charge in [0.05, 0.1) is 6.61 Å². The van der Waals surface area contributed by atoms with Gasteiger partial charge in [-0.2, -0.15) is 0 Å². The van der Waals surface area contributed by atoms with Gasteiger partial charge >= 0.3 is 5.97 Å². The summed E-state index contributed by atoms with van der Waals surface area (Å²) in [5.74, 6) is -0.00253. The van der Waals surface area contributed by atoms with Crippen molar-refractivity contribution >= 4 is 12.3 Å². The van der Waals surface area contributed by atoms with E-state index < -0.39 is 0 Å². The fourth-order valence-electron chi connectivity index (χ4n) is 4.44. The highest BCUT2D eigenvalue weighted by molar-refractivity contribution is 5.69. The molecule has 0 aliphatic carbocycles. The van der Waals surface area contributed by atoms with Crippen LogP contribution in [0.5, 0.6) is 0 Å². The predicted molar refractivity (Wildman–Crippen MR) is 142 cm³/mol. The molecule has 1 radical (unpaired) electrons. The molecule has 195 valence electrons. The molecule has 0 aromatic carbocycles. The topological polar surface area (TPSA) is 43.4 Å². The molecule has 0 aromatic rings. The highest BCUT2D eigenvalue weighted by Gasteiger charge is 2.02. The summed E-state index contributed by atoms with van der Waals surface area (Å²) in [6.07, 6.45) is 34.0. The normalized spacial score (nSPS) is 11.1. The Kier molecular flexibility index (Phi) is 28.4. The predicted octanol–water partition coefficient (Wildman–Crippen LogP) is 9.80. The van der Waals surface area contributed by atoms with Crippen LogP contribution >= 0.6 is 0 Å². The zero-order chi connectivity index (χ0) is 24.1. The Hall–Kier alpha value is -0.860. The molecule has 0 aliphatic heterocycles. The SMILES string of the molecule is CCCCCCCCCCCCCCCCCC(=O)OCCCCCCCCCCC[C]=O. The highest BCUT2D eigenvalue weighted by Crippen LogP contribution is 2.14.